The van der Waals surface area contributed by atoms with E-state index in [-0.39, 0.29) is 24.2 Å². The van der Waals surface area contributed by atoms with Crippen LogP contribution in [0.3, 0.4) is 0 Å². The number of ether oxygens (including phenoxy) is 2. The van der Waals surface area contributed by atoms with Gasteiger partial charge in [0.05, 0.1) is 25.8 Å². The molecule has 1 atom stereocenters. The Hall–Kier alpha value is -2.24. The summed E-state index contributed by atoms with van der Waals surface area (Å²) in [4.78, 5) is 27.3. The lowest BCUT2D eigenvalue weighted by Gasteiger charge is -2.57. The fourth-order valence-electron chi connectivity index (χ4n) is 7.05. The lowest BCUT2D eigenvalue weighted by atomic mass is 9.49. The molecule has 162 valence electrons. The Labute approximate surface area is 178 Å². The third-order valence-corrected chi connectivity index (χ3v) is 7.98. The molecule has 0 spiro atoms. The summed E-state index contributed by atoms with van der Waals surface area (Å²) in [5.41, 5.74) is 1.01. The second-order valence-corrected chi connectivity index (χ2v) is 10.1. The third kappa shape index (κ3) is 3.44. The fraction of sp³-hybridized carbons (Fsp3) is 0.667. The van der Waals surface area contributed by atoms with Crippen molar-refractivity contribution in [2.75, 3.05) is 32.2 Å². The summed E-state index contributed by atoms with van der Waals surface area (Å²) in [6, 6.07) is 5.40. The standard InChI is InChI=1S/C24H32N2O4/c1-29-19-3-4-20(21(9-19)30-2)26-13-18(8-22(26)27)23(28)25-14-24-10-15-5-16(11-24)7-17(6-15)12-24/h3-4,9,15-18H,5-8,10-14H2,1-2H3,(H,25,28)/t15?,16?,17?,18-,24?/m0/s1. The van der Waals surface area contributed by atoms with Crippen LogP contribution in [0, 0.1) is 29.1 Å². The molecule has 1 heterocycles. The van der Waals surface area contributed by atoms with Gasteiger partial charge >= 0.3 is 0 Å². The van der Waals surface area contributed by atoms with Crippen molar-refractivity contribution < 1.29 is 19.1 Å². The number of methoxy groups -OCH3 is 2. The number of rotatable bonds is 6. The van der Waals surface area contributed by atoms with Gasteiger partial charge in [-0.05, 0) is 73.8 Å². The van der Waals surface area contributed by atoms with Crippen LogP contribution in [0.15, 0.2) is 18.2 Å². The van der Waals surface area contributed by atoms with Crippen LogP contribution in [0.1, 0.15) is 44.9 Å². The van der Waals surface area contributed by atoms with Gasteiger partial charge in [-0.3, -0.25) is 9.59 Å². The van der Waals surface area contributed by atoms with Crippen molar-refractivity contribution >= 4 is 17.5 Å². The van der Waals surface area contributed by atoms with Gasteiger partial charge in [0, 0.05) is 25.6 Å². The van der Waals surface area contributed by atoms with Crippen LogP contribution in [0.2, 0.25) is 0 Å². The van der Waals surface area contributed by atoms with Gasteiger partial charge in [0.2, 0.25) is 11.8 Å². The molecule has 30 heavy (non-hydrogen) atoms. The number of nitrogens with one attached hydrogen (secondary N) is 1. The Morgan fingerprint density at radius 1 is 1.10 bits per heavy atom. The van der Waals surface area contributed by atoms with Crippen molar-refractivity contribution in [2.45, 2.75) is 44.9 Å². The molecule has 1 aromatic carbocycles. The molecule has 5 fully saturated rings. The first kappa shape index (κ1) is 19.7. The number of hydrogen-bond donors (Lipinski definition) is 1. The zero-order valence-electron chi connectivity index (χ0n) is 18.0. The van der Waals surface area contributed by atoms with Crippen LogP contribution >= 0.6 is 0 Å². The lowest BCUT2D eigenvalue weighted by Crippen LogP contribution is -2.51. The number of hydrogen-bond acceptors (Lipinski definition) is 4. The number of amides is 2. The minimum absolute atomic E-state index is 0.0223. The number of carbonyl (C=O) groups is 2. The van der Waals surface area contributed by atoms with E-state index in [1.807, 2.05) is 12.1 Å². The summed E-state index contributed by atoms with van der Waals surface area (Å²) in [5.74, 6) is 3.56. The molecule has 1 N–H and O–H groups in total. The number of benzene rings is 1. The maximum Gasteiger partial charge on any atom is 0.227 e. The largest absolute Gasteiger partial charge is 0.497 e. The van der Waals surface area contributed by atoms with Gasteiger partial charge in [-0.1, -0.05) is 0 Å². The highest BCUT2D eigenvalue weighted by Gasteiger charge is 2.51. The molecule has 2 amide bonds. The third-order valence-electron chi connectivity index (χ3n) is 7.98. The van der Waals surface area contributed by atoms with E-state index in [2.05, 4.69) is 5.32 Å². The van der Waals surface area contributed by atoms with Crippen molar-refractivity contribution in [1.29, 1.82) is 0 Å². The minimum atomic E-state index is -0.307. The van der Waals surface area contributed by atoms with E-state index in [0.29, 0.717) is 29.1 Å². The molecule has 4 saturated carbocycles. The second-order valence-electron chi connectivity index (χ2n) is 10.1. The minimum Gasteiger partial charge on any atom is -0.497 e. The number of anilines is 1. The van der Waals surface area contributed by atoms with E-state index in [1.165, 1.54) is 38.5 Å². The van der Waals surface area contributed by atoms with E-state index in [1.54, 1.807) is 25.2 Å². The average molecular weight is 413 g/mol. The van der Waals surface area contributed by atoms with Gasteiger partial charge in [0.25, 0.3) is 0 Å². The van der Waals surface area contributed by atoms with Crippen LogP contribution in [0.4, 0.5) is 5.69 Å². The molecule has 0 unspecified atom stereocenters. The maximum atomic E-state index is 13.0. The molecule has 0 aromatic heterocycles. The van der Waals surface area contributed by atoms with E-state index in [0.717, 1.165) is 24.3 Å². The molecule has 6 nitrogen and oxygen atoms in total. The first-order valence-corrected chi connectivity index (χ1v) is 11.3. The second kappa shape index (κ2) is 7.47. The molecule has 6 heteroatoms. The smallest absolute Gasteiger partial charge is 0.227 e. The summed E-state index contributed by atoms with van der Waals surface area (Å²) >= 11 is 0. The van der Waals surface area contributed by atoms with Gasteiger partial charge in [-0.15, -0.1) is 0 Å². The Bertz CT molecular complexity index is 816. The summed E-state index contributed by atoms with van der Waals surface area (Å²) < 4.78 is 10.7. The van der Waals surface area contributed by atoms with E-state index >= 15 is 0 Å². The summed E-state index contributed by atoms with van der Waals surface area (Å²) in [6.07, 6.45) is 8.30. The van der Waals surface area contributed by atoms with Crippen LogP contribution in [0.25, 0.3) is 0 Å². The normalized spacial score (nSPS) is 34.3. The van der Waals surface area contributed by atoms with Gasteiger partial charge in [-0.2, -0.15) is 0 Å². The fourth-order valence-corrected chi connectivity index (χ4v) is 7.05. The van der Waals surface area contributed by atoms with E-state index < -0.39 is 0 Å². The van der Waals surface area contributed by atoms with Crippen LogP contribution in [0.5, 0.6) is 11.5 Å². The first-order valence-electron chi connectivity index (χ1n) is 11.3. The Balaban J connectivity index is 1.23. The Kier molecular flexibility index (Phi) is 4.91. The molecule has 5 aliphatic rings. The molecule has 4 aliphatic carbocycles. The predicted molar refractivity (Wildman–Crippen MR) is 114 cm³/mol. The summed E-state index contributed by atoms with van der Waals surface area (Å²) in [5, 5.41) is 3.25. The SMILES string of the molecule is COc1ccc(N2C[C@@H](C(=O)NCC34CC5CC(CC(C5)C3)C4)CC2=O)c(OC)c1. The van der Waals surface area contributed by atoms with Crippen LogP contribution in [-0.4, -0.2) is 39.1 Å². The van der Waals surface area contributed by atoms with Crippen LogP contribution in [-0.2, 0) is 9.59 Å². The molecule has 1 aromatic rings. The number of nitrogens with zero attached hydrogens (tertiary/aromatic N) is 1. The van der Waals surface area contributed by atoms with Crippen LogP contribution < -0.4 is 19.7 Å². The quantitative estimate of drug-likeness (QED) is 0.778. The monoisotopic (exact) mass is 412 g/mol. The van der Waals surface area contributed by atoms with E-state index in [9.17, 15) is 9.59 Å². The number of carbonyl (C=O) groups excluding carboxylic acids is 2. The zero-order chi connectivity index (χ0) is 20.9. The molecule has 0 radical (unpaired) electrons. The Morgan fingerprint density at radius 3 is 2.37 bits per heavy atom. The molecule has 4 bridgehead atoms. The topological polar surface area (TPSA) is 67.9 Å². The summed E-state index contributed by atoms with van der Waals surface area (Å²) in [6.45, 7) is 1.18. The predicted octanol–water partition coefficient (Wildman–Crippen LogP) is 3.39. The summed E-state index contributed by atoms with van der Waals surface area (Å²) in [7, 11) is 3.17. The van der Waals surface area contributed by atoms with E-state index in [4.69, 9.17) is 9.47 Å². The molecule has 1 aliphatic heterocycles. The van der Waals surface area contributed by atoms with Gasteiger partial charge < -0.3 is 19.7 Å². The molecular weight excluding hydrogens is 380 g/mol. The van der Waals surface area contributed by atoms with Gasteiger partial charge in [0.1, 0.15) is 11.5 Å². The molecule has 6 rings (SSSR count). The van der Waals surface area contributed by atoms with Crippen molar-refractivity contribution in [3.05, 3.63) is 18.2 Å². The van der Waals surface area contributed by atoms with Crippen molar-refractivity contribution in [3.63, 3.8) is 0 Å². The molecular formula is C24H32N2O4. The van der Waals surface area contributed by atoms with Crippen molar-refractivity contribution in [3.8, 4) is 11.5 Å². The highest BCUT2D eigenvalue weighted by atomic mass is 16.5. The van der Waals surface area contributed by atoms with Gasteiger partial charge in [-0.25, -0.2) is 0 Å². The highest BCUT2D eigenvalue weighted by molar-refractivity contribution is 6.01. The first-order chi connectivity index (χ1) is 14.5. The highest BCUT2D eigenvalue weighted by Crippen LogP contribution is 2.59. The average Bonchev–Trinajstić information content (AvgIpc) is 3.12. The maximum absolute atomic E-state index is 13.0. The Morgan fingerprint density at radius 2 is 1.77 bits per heavy atom. The van der Waals surface area contributed by atoms with Crippen molar-refractivity contribution in [1.82, 2.24) is 5.32 Å². The lowest BCUT2D eigenvalue weighted by molar-refractivity contribution is -0.128. The van der Waals surface area contributed by atoms with Gasteiger partial charge in [0.15, 0.2) is 0 Å². The molecule has 1 saturated heterocycles. The zero-order valence-corrected chi connectivity index (χ0v) is 18.0. The van der Waals surface area contributed by atoms with Crippen molar-refractivity contribution in [2.24, 2.45) is 29.1 Å².